The number of nitrogens with one attached hydrogen (secondary N) is 1. The third-order valence-electron chi connectivity index (χ3n) is 3.78. The van der Waals surface area contributed by atoms with Crippen LogP contribution in [0.3, 0.4) is 0 Å². The van der Waals surface area contributed by atoms with Gasteiger partial charge in [-0.25, -0.2) is 0 Å². The summed E-state index contributed by atoms with van der Waals surface area (Å²) in [7, 11) is 5.91. The zero-order chi connectivity index (χ0) is 13.8. The van der Waals surface area contributed by atoms with Crippen molar-refractivity contribution in [3.05, 3.63) is 11.9 Å². The Kier molecular flexibility index (Phi) is 4.82. The Bertz CT molecular complexity index is 402. The number of piperidine rings is 1. The molecule has 0 saturated carbocycles. The zero-order valence-electron chi connectivity index (χ0n) is 12.5. The maximum atomic E-state index is 5.50. The van der Waals surface area contributed by atoms with E-state index in [1.807, 2.05) is 6.20 Å². The second-order valence-electron chi connectivity index (χ2n) is 5.82. The molecule has 0 aliphatic carbocycles. The summed E-state index contributed by atoms with van der Waals surface area (Å²) in [5.74, 6) is 2.14. The zero-order valence-corrected chi connectivity index (χ0v) is 12.5. The fourth-order valence-electron chi connectivity index (χ4n) is 2.78. The van der Waals surface area contributed by atoms with Crippen molar-refractivity contribution in [1.29, 1.82) is 0 Å². The summed E-state index contributed by atoms with van der Waals surface area (Å²) >= 11 is 0. The standard InChI is InChI=1S/C14H26N4O/c1-11-7-12(9-15-8-11)14-13(19-4)10-16-18(14)6-5-17(2)3/h10-12,15H,5-9H2,1-4H3. The minimum atomic E-state index is 0.503. The molecule has 2 rings (SSSR count). The number of rotatable bonds is 5. The number of hydrogen-bond donors (Lipinski definition) is 1. The molecule has 2 unspecified atom stereocenters. The lowest BCUT2D eigenvalue weighted by Crippen LogP contribution is -2.35. The molecule has 1 aliphatic heterocycles. The maximum Gasteiger partial charge on any atom is 0.160 e. The van der Waals surface area contributed by atoms with Crippen molar-refractivity contribution in [3.8, 4) is 5.75 Å². The van der Waals surface area contributed by atoms with Crippen molar-refractivity contribution in [2.75, 3.05) is 40.8 Å². The normalized spacial score (nSPS) is 23.8. The second kappa shape index (κ2) is 6.39. The van der Waals surface area contributed by atoms with Gasteiger partial charge in [-0.05, 0) is 33.0 Å². The number of hydrogen-bond acceptors (Lipinski definition) is 4. The van der Waals surface area contributed by atoms with Crippen LogP contribution >= 0.6 is 0 Å². The minimum Gasteiger partial charge on any atom is -0.493 e. The number of likely N-dealkylation sites (N-methyl/N-ethyl adjacent to an activating group) is 1. The van der Waals surface area contributed by atoms with Crippen molar-refractivity contribution in [3.63, 3.8) is 0 Å². The van der Waals surface area contributed by atoms with Crippen molar-refractivity contribution in [1.82, 2.24) is 20.0 Å². The van der Waals surface area contributed by atoms with Gasteiger partial charge in [0.1, 0.15) is 0 Å². The lowest BCUT2D eigenvalue weighted by molar-refractivity contribution is 0.323. The molecule has 1 saturated heterocycles. The van der Waals surface area contributed by atoms with E-state index in [1.165, 1.54) is 12.1 Å². The molecule has 1 aliphatic rings. The van der Waals surface area contributed by atoms with Gasteiger partial charge in [-0.1, -0.05) is 6.92 Å². The molecule has 0 amide bonds. The Morgan fingerprint density at radius 2 is 2.26 bits per heavy atom. The van der Waals surface area contributed by atoms with Crippen LogP contribution in [-0.2, 0) is 6.54 Å². The van der Waals surface area contributed by atoms with E-state index in [0.29, 0.717) is 11.8 Å². The highest BCUT2D eigenvalue weighted by molar-refractivity contribution is 5.29. The molecule has 0 bridgehead atoms. The van der Waals surface area contributed by atoms with E-state index in [2.05, 4.69) is 41.0 Å². The smallest absolute Gasteiger partial charge is 0.160 e. The molecule has 0 radical (unpaired) electrons. The third kappa shape index (κ3) is 3.48. The van der Waals surface area contributed by atoms with E-state index in [0.717, 1.165) is 31.9 Å². The topological polar surface area (TPSA) is 42.3 Å². The Morgan fingerprint density at radius 1 is 1.47 bits per heavy atom. The SMILES string of the molecule is COc1cnn(CCN(C)C)c1C1CNCC(C)C1. The fourth-order valence-corrected chi connectivity index (χ4v) is 2.78. The van der Waals surface area contributed by atoms with Crippen LogP contribution in [0.15, 0.2) is 6.20 Å². The van der Waals surface area contributed by atoms with Gasteiger partial charge in [0.2, 0.25) is 0 Å². The second-order valence-corrected chi connectivity index (χ2v) is 5.82. The molecule has 1 aromatic heterocycles. The van der Waals surface area contributed by atoms with Gasteiger partial charge in [0.15, 0.2) is 5.75 Å². The predicted octanol–water partition coefficient (Wildman–Crippen LogP) is 1.17. The van der Waals surface area contributed by atoms with E-state index in [-0.39, 0.29) is 0 Å². The van der Waals surface area contributed by atoms with E-state index in [9.17, 15) is 0 Å². The van der Waals surface area contributed by atoms with E-state index in [1.54, 1.807) is 7.11 Å². The van der Waals surface area contributed by atoms with Gasteiger partial charge in [0.25, 0.3) is 0 Å². The summed E-state index contributed by atoms with van der Waals surface area (Å²) in [6.07, 6.45) is 3.06. The lowest BCUT2D eigenvalue weighted by atomic mass is 9.89. The Balaban J connectivity index is 2.17. The number of ether oxygens (including phenoxy) is 1. The van der Waals surface area contributed by atoms with Crippen LogP contribution in [0.5, 0.6) is 5.75 Å². The van der Waals surface area contributed by atoms with Crippen LogP contribution in [0.4, 0.5) is 0 Å². The van der Waals surface area contributed by atoms with Gasteiger partial charge >= 0.3 is 0 Å². The first kappa shape index (κ1) is 14.3. The van der Waals surface area contributed by atoms with Gasteiger partial charge in [-0.2, -0.15) is 5.10 Å². The molecule has 5 nitrogen and oxygen atoms in total. The van der Waals surface area contributed by atoms with E-state index < -0.39 is 0 Å². The van der Waals surface area contributed by atoms with Crippen LogP contribution in [0.25, 0.3) is 0 Å². The third-order valence-corrected chi connectivity index (χ3v) is 3.78. The average molecular weight is 266 g/mol. The molecule has 1 fully saturated rings. The molecule has 5 heteroatoms. The van der Waals surface area contributed by atoms with Crippen molar-refractivity contribution in [2.24, 2.45) is 5.92 Å². The molecular formula is C14H26N4O. The van der Waals surface area contributed by atoms with Crippen LogP contribution < -0.4 is 10.1 Å². The summed E-state index contributed by atoms with van der Waals surface area (Å²) in [6.45, 7) is 6.34. The van der Waals surface area contributed by atoms with Crippen LogP contribution in [-0.4, -0.2) is 55.5 Å². The molecule has 108 valence electrons. The van der Waals surface area contributed by atoms with Gasteiger partial charge < -0.3 is 15.0 Å². The maximum absolute atomic E-state index is 5.50. The van der Waals surface area contributed by atoms with Gasteiger partial charge in [-0.3, -0.25) is 4.68 Å². The van der Waals surface area contributed by atoms with Gasteiger partial charge in [0, 0.05) is 19.0 Å². The molecular weight excluding hydrogens is 240 g/mol. The molecule has 19 heavy (non-hydrogen) atoms. The Hall–Kier alpha value is -1.07. The monoisotopic (exact) mass is 266 g/mol. The van der Waals surface area contributed by atoms with Crippen molar-refractivity contribution < 1.29 is 4.74 Å². The first-order valence-electron chi connectivity index (χ1n) is 7.07. The predicted molar refractivity (Wildman–Crippen MR) is 76.7 cm³/mol. The molecule has 2 atom stereocenters. The molecule has 0 spiro atoms. The summed E-state index contributed by atoms with van der Waals surface area (Å²) in [6, 6.07) is 0. The van der Waals surface area contributed by atoms with Crippen LogP contribution in [0.1, 0.15) is 25.0 Å². The summed E-state index contributed by atoms with van der Waals surface area (Å²) < 4.78 is 7.61. The summed E-state index contributed by atoms with van der Waals surface area (Å²) in [5, 5.41) is 8.01. The number of methoxy groups -OCH3 is 1. The van der Waals surface area contributed by atoms with E-state index >= 15 is 0 Å². The molecule has 1 N–H and O–H groups in total. The van der Waals surface area contributed by atoms with Gasteiger partial charge in [-0.15, -0.1) is 0 Å². The molecule has 1 aromatic rings. The van der Waals surface area contributed by atoms with E-state index in [4.69, 9.17) is 4.74 Å². The average Bonchev–Trinajstić information content (AvgIpc) is 2.79. The van der Waals surface area contributed by atoms with Gasteiger partial charge in [0.05, 0.1) is 25.5 Å². The summed E-state index contributed by atoms with van der Waals surface area (Å²) in [4.78, 5) is 2.18. The minimum absolute atomic E-state index is 0.503. The lowest BCUT2D eigenvalue weighted by Gasteiger charge is -2.29. The number of aromatic nitrogens is 2. The Morgan fingerprint density at radius 3 is 2.89 bits per heavy atom. The highest BCUT2D eigenvalue weighted by Gasteiger charge is 2.26. The fraction of sp³-hybridized carbons (Fsp3) is 0.786. The highest BCUT2D eigenvalue weighted by atomic mass is 16.5. The quantitative estimate of drug-likeness (QED) is 0.868. The van der Waals surface area contributed by atoms with Crippen molar-refractivity contribution in [2.45, 2.75) is 25.8 Å². The first-order chi connectivity index (χ1) is 9.11. The van der Waals surface area contributed by atoms with Crippen LogP contribution in [0.2, 0.25) is 0 Å². The van der Waals surface area contributed by atoms with Crippen molar-refractivity contribution >= 4 is 0 Å². The number of nitrogens with zero attached hydrogens (tertiary/aromatic N) is 3. The summed E-state index contributed by atoms with van der Waals surface area (Å²) in [5.41, 5.74) is 1.25. The first-order valence-corrected chi connectivity index (χ1v) is 7.07. The van der Waals surface area contributed by atoms with Crippen LogP contribution in [0, 0.1) is 5.92 Å². The molecule has 0 aromatic carbocycles. The Labute approximate surface area is 115 Å². The largest absolute Gasteiger partial charge is 0.493 e. The highest BCUT2D eigenvalue weighted by Crippen LogP contribution is 2.32. The molecule has 2 heterocycles.